The van der Waals surface area contributed by atoms with E-state index in [-0.39, 0.29) is 11.7 Å². The average Bonchev–Trinajstić information content (AvgIpc) is 3.34. The fourth-order valence-corrected chi connectivity index (χ4v) is 3.67. The van der Waals surface area contributed by atoms with Crippen LogP contribution in [-0.4, -0.2) is 30.3 Å². The van der Waals surface area contributed by atoms with E-state index in [1.165, 1.54) is 19.1 Å². The quantitative estimate of drug-likeness (QED) is 0.595. The Morgan fingerprint density at radius 2 is 1.96 bits per heavy atom. The van der Waals surface area contributed by atoms with Crippen LogP contribution in [-0.2, 0) is 17.8 Å². The van der Waals surface area contributed by atoms with E-state index in [9.17, 15) is 9.18 Å². The molecule has 1 aliphatic rings. The molecule has 0 unspecified atom stereocenters. The SMILES string of the molecule is CC(=O)Nc1cn2nc(-c3c(-c4ccc(F)cc4)nn4c3CCC4)ccc2n1. The second-order valence-corrected chi connectivity index (χ2v) is 6.83. The van der Waals surface area contributed by atoms with Gasteiger partial charge in [-0.05, 0) is 49.2 Å². The largest absolute Gasteiger partial charge is 0.310 e. The third-order valence-corrected chi connectivity index (χ3v) is 4.84. The number of rotatable bonds is 3. The van der Waals surface area contributed by atoms with Crippen molar-refractivity contribution in [2.75, 3.05) is 5.32 Å². The number of carbonyl (C=O) groups is 1. The van der Waals surface area contributed by atoms with Crippen molar-refractivity contribution >= 4 is 17.4 Å². The van der Waals surface area contributed by atoms with Gasteiger partial charge in [0.2, 0.25) is 5.91 Å². The summed E-state index contributed by atoms with van der Waals surface area (Å²) in [6.45, 7) is 2.30. The van der Waals surface area contributed by atoms with Crippen LogP contribution >= 0.6 is 0 Å². The molecule has 3 aromatic heterocycles. The number of halogens is 1. The molecule has 4 aromatic rings. The van der Waals surface area contributed by atoms with Gasteiger partial charge < -0.3 is 5.32 Å². The highest BCUT2D eigenvalue weighted by Crippen LogP contribution is 2.36. The van der Waals surface area contributed by atoms with E-state index in [0.29, 0.717) is 11.5 Å². The maximum atomic E-state index is 13.4. The van der Waals surface area contributed by atoms with Crippen molar-refractivity contribution in [1.82, 2.24) is 24.4 Å². The number of benzene rings is 1. The zero-order valence-electron chi connectivity index (χ0n) is 15.2. The minimum absolute atomic E-state index is 0.184. The molecular formula is C20H17FN6O. The Balaban J connectivity index is 1.66. The maximum absolute atomic E-state index is 13.4. The van der Waals surface area contributed by atoms with Gasteiger partial charge in [-0.1, -0.05) is 0 Å². The number of aromatic nitrogens is 5. The second kappa shape index (κ2) is 6.26. The number of carbonyl (C=O) groups excluding carboxylic acids is 1. The molecule has 0 saturated carbocycles. The van der Waals surface area contributed by atoms with Crippen molar-refractivity contribution in [1.29, 1.82) is 0 Å². The first-order valence-corrected chi connectivity index (χ1v) is 9.08. The summed E-state index contributed by atoms with van der Waals surface area (Å²) < 4.78 is 17.0. The molecule has 5 rings (SSSR count). The van der Waals surface area contributed by atoms with E-state index in [4.69, 9.17) is 10.2 Å². The van der Waals surface area contributed by atoms with Gasteiger partial charge in [-0.15, -0.1) is 0 Å². The van der Waals surface area contributed by atoms with Crippen molar-refractivity contribution in [2.24, 2.45) is 0 Å². The highest BCUT2D eigenvalue weighted by Gasteiger charge is 2.25. The Kier molecular flexibility index (Phi) is 3.71. The van der Waals surface area contributed by atoms with Gasteiger partial charge in [0, 0.05) is 24.7 Å². The zero-order chi connectivity index (χ0) is 19.3. The summed E-state index contributed by atoms with van der Waals surface area (Å²) in [6, 6.07) is 10.1. The van der Waals surface area contributed by atoms with Crippen LogP contribution in [0.2, 0.25) is 0 Å². The summed E-state index contributed by atoms with van der Waals surface area (Å²) in [5, 5.41) is 12.1. The van der Waals surface area contributed by atoms with Crippen LogP contribution in [0.4, 0.5) is 10.2 Å². The van der Waals surface area contributed by atoms with E-state index >= 15 is 0 Å². The number of nitrogens with zero attached hydrogens (tertiary/aromatic N) is 5. The molecule has 0 atom stereocenters. The number of fused-ring (bicyclic) bond motifs is 2. The molecule has 0 fully saturated rings. The van der Waals surface area contributed by atoms with Crippen LogP contribution in [0.15, 0.2) is 42.6 Å². The summed E-state index contributed by atoms with van der Waals surface area (Å²) in [4.78, 5) is 15.6. The van der Waals surface area contributed by atoms with Crippen molar-refractivity contribution in [3.63, 3.8) is 0 Å². The van der Waals surface area contributed by atoms with Gasteiger partial charge in [-0.3, -0.25) is 9.48 Å². The molecule has 1 N–H and O–H groups in total. The van der Waals surface area contributed by atoms with Gasteiger partial charge in [0.1, 0.15) is 11.5 Å². The van der Waals surface area contributed by atoms with Crippen LogP contribution in [0.25, 0.3) is 28.2 Å². The Hall–Kier alpha value is -3.55. The van der Waals surface area contributed by atoms with E-state index < -0.39 is 0 Å². The number of hydrogen-bond acceptors (Lipinski definition) is 4. The predicted octanol–water partition coefficient (Wildman–Crippen LogP) is 3.30. The fraction of sp³-hybridized carbons (Fsp3) is 0.200. The van der Waals surface area contributed by atoms with Crippen molar-refractivity contribution in [2.45, 2.75) is 26.3 Å². The average molecular weight is 376 g/mol. The Labute approximate surface area is 159 Å². The maximum Gasteiger partial charge on any atom is 0.222 e. The van der Waals surface area contributed by atoms with Gasteiger partial charge >= 0.3 is 0 Å². The van der Waals surface area contributed by atoms with Gasteiger partial charge in [0.15, 0.2) is 11.5 Å². The Morgan fingerprint density at radius 1 is 1.14 bits per heavy atom. The molecule has 28 heavy (non-hydrogen) atoms. The van der Waals surface area contributed by atoms with Crippen molar-refractivity contribution in [3.8, 4) is 22.5 Å². The second-order valence-electron chi connectivity index (χ2n) is 6.83. The molecule has 0 saturated heterocycles. The highest BCUT2D eigenvalue weighted by atomic mass is 19.1. The lowest BCUT2D eigenvalue weighted by molar-refractivity contribution is -0.114. The molecular weight excluding hydrogens is 359 g/mol. The first kappa shape index (κ1) is 16.6. The first-order valence-electron chi connectivity index (χ1n) is 9.08. The van der Waals surface area contributed by atoms with Crippen molar-refractivity contribution in [3.05, 3.63) is 54.1 Å². The van der Waals surface area contributed by atoms with Crippen LogP contribution < -0.4 is 5.32 Å². The molecule has 8 heteroatoms. The number of nitrogens with one attached hydrogen (secondary N) is 1. The molecule has 1 aromatic carbocycles. The molecule has 1 amide bonds. The fourth-order valence-electron chi connectivity index (χ4n) is 3.67. The summed E-state index contributed by atoms with van der Waals surface area (Å²) in [6.07, 6.45) is 3.64. The Bertz CT molecular complexity index is 1210. The number of imidazole rings is 1. The topological polar surface area (TPSA) is 77.1 Å². The lowest BCUT2D eigenvalue weighted by Gasteiger charge is -2.05. The number of aryl methyl sites for hydroxylation is 1. The van der Waals surface area contributed by atoms with E-state index in [1.807, 2.05) is 16.8 Å². The van der Waals surface area contributed by atoms with Crippen LogP contribution in [0, 0.1) is 5.82 Å². The molecule has 0 aliphatic carbocycles. The lowest BCUT2D eigenvalue weighted by atomic mass is 10.0. The smallest absolute Gasteiger partial charge is 0.222 e. The highest BCUT2D eigenvalue weighted by molar-refractivity contribution is 5.88. The van der Waals surface area contributed by atoms with E-state index in [1.54, 1.807) is 22.8 Å². The summed E-state index contributed by atoms with van der Waals surface area (Å²) in [7, 11) is 0. The van der Waals surface area contributed by atoms with Gasteiger partial charge in [-0.2, -0.15) is 10.2 Å². The number of hydrogen-bond donors (Lipinski definition) is 1. The molecule has 0 radical (unpaired) electrons. The Morgan fingerprint density at radius 3 is 2.75 bits per heavy atom. The van der Waals surface area contributed by atoms with Gasteiger partial charge in [0.25, 0.3) is 0 Å². The van der Waals surface area contributed by atoms with E-state index in [2.05, 4.69) is 10.3 Å². The monoisotopic (exact) mass is 376 g/mol. The summed E-state index contributed by atoms with van der Waals surface area (Å²) in [5.74, 6) is -0.00617. The summed E-state index contributed by atoms with van der Waals surface area (Å²) >= 11 is 0. The van der Waals surface area contributed by atoms with Gasteiger partial charge in [0.05, 0.1) is 17.5 Å². The minimum Gasteiger partial charge on any atom is -0.310 e. The standard InChI is InChI=1S/C20H17FN6O/c1-12(28)22-17-11-27-18(23-17)9-8-15(24-27)19-16-3-2-10-26(16)25-20(19)13-4-6-14(21)7-5-13/h4-9,11H,2-3,10H2,1H3,(H,22,28). The molecule has 140 valence electrons. The molecule has 4 heterocycles. The number of anilines is 1. The normalized spacial score (nSPS) is 13.1. The third-order valence-electron chi connectivity index (χ3n) is 4.84. The summed E-state index contributed by atoms with van der Waals surface area (Å²) in [5.41, 5.74) is 5.14. The lowest BCUT2D eigenvalue weighted by Crippen LogP contribution is -2.05. The molecule has 0 spiro atoms. The minimum atomic E-state index is -0.277. The zero-order valence-corrected chi connectivity index (χ0v) is 15.2. The van der Waals surface area contributed by atoms with Gasteiger partial charge in [-0.25, -0.2) is 13.9 Å². The third kappa shape index (κ3) is 2.74. The predicted molar refractivity (Wildman–Crippen MR) is 102 cm³/mol. The molecule has 0 bridgehead atoms. The van der Waals surface area contributed by atoms with Crippen molar-refractivity contribution < 1.29 is 9.18 Å². The first-order chi connectivity index (χ1) is 13.6. The number of amides is 1. The van der Waals surface area contributed by atoms with Crippen LogP contribution in [0.5, 0.6) is 0 Å². The van der Waals surface area contributed by atoms with Crippen LogP contribution in [0.3, 0.4) is 0 Å². The molecule has 1 aliphatic heterocycles. The molecule has 7 nitrogen and oxygen atoms in total. The van der Waals surface area contributed by atoms with Crippen LogP contribution in [0.1, 0.15) is 19.0 Å². The van der Waals surface area contributed by atoms with E-state index in [0.717, 1.165) is 47.6 Å².